The van der Waals surface area contributed by atoms with Gasteiger partial charge in [0.15, 0.2) is 0 Å². The Morgan fingerprint density at radius 2 is 1.41 bits per heavy atom. The zero-order valence-electron chi connectivity index (χ0n) is 16.2. The summed E-state index contributed by atoms with van der Waals surface area (Å²) in [7, 11) is -4.07. The van der Waals surface area contributed by atoms with Crippen LogP contribution in [0.2, 0.25) is 25.1 Å². The van der Waals surface area contributed by atoms with Gasteiger partial charge in [-0.1, -0.05) is 64.1 Å². The van der Waals surface area contributed by atoms with Crippen LogP contribution in [0.1, 0.15) is 5.56 Å². The van der Waals surface area contributed by atoms with Gasteiger partial charge < -0.3 is 5.32 Å². The number of halogens is 5. The average Bonchev–Trinajstić information content (AvgIpc) is 2.73. The van der Waals surface area contributed by atoms with E-state index in [4.69, 9.17) is 58.0 Å². The normalized spacial score (nSPS) is 11.6. The van der Waals surface area contributed by atoms with Crippen LogP contribution in [-0.2, 0) is 21.4 Å². The van der Waals surface area contributed by atoms with Crippen molar-refractivity contribution in [2.24, 2.45) is 0 Å². The highest BCUT2D eigenvalue weighted by Gasteiger charge is 2.27. The summed E-state index contributed by atoms with van der Waals surface area (Å²) in [6.45, 7) is -0.618. The number of nitrogens with one attached hydrogen (secondary N) is 1. The first-order chi connectivity index (χ1) is 15.1. The highest BCUT2D eigenvalue weighted by molar-refractivity contribution is 7.89. The molecule has 1 N–H and O–H groups in total. The molecule has 168 valence electrons. The highest BCUT2D eigenvalue weighted by atomic mass is 35.5. The maximum atomic E-state index is 13.3. The van der Waals surface area contributed by atoms with Gasteiger partial charge in [-0.15, -0.1) is 0 Å². The van der Waals surface area contributed by atoms with E-state index in [1.54, 1.807) is 24.3 Å². The molecule has 3 rings (SSSR count). The Labute approximate surface area is 210 Å². The minimum atomic E-state index is -4.07. The van der Waals surface area contributed by atoms with E-state index in [1.165, 1.54) is 36.4 Å². The number of amides is 1. The number of nitrogens with zero attached hydrogens (tertiary/aromatic N) is 1. The summed E-state index contributed by atoms with van der Waals surface area (Å²) in [5, 5.41) is 4.20. The van der Waals surface area contributed by atoms with E-state index in [9.17, 15) is 13.2 Å². The van der Waals surface area contributed by atoms with Crippen LogP contribution in [0.3, 0.4) is 0 Å². The lowest BCUT2D eigenvalue weighted by Gasteiger charge is -2.22. The molecule has 3 aromatic carbocycles. The third-order valence-corrected chi connectivity index (χ3v) is 7.68. The van der Waals surface area contributed by atoms with Crippen molar-refractivity contribution in [3.63, 3.8) is 0 Å². The van der Waals surface area contributed by atoms with Crippen LogP contribution in [0, 0.1) is 0 Å². The second-order valence-corrected chi connectivity index (χ2v) is 10.7. The Balaban J connectivity index is 1.92. The van der Waals surface area contributed by atoms with Gasteiger partial charge >= 0.3 is 0 Å². The van der Waals surface area contributed by atoms with Gasteiger partial charge in [-0.2, -0.15) is 4.31 Å². The number of benzene rings is 3. The van der Waals surface area contributed by atoms with Crippen molar-refractivity contribution in [3.05, 3.63) is 91.3 Å². The summed E-state index contributed by atoms with van der Waals surface area (Å²) in [4.78, 5) is 12.7. The SMILES string of the molecule is O=C(CN(Cc1ccc(Cl)c(Cl)c1)S(=O)(=O)c1ccc(Cl)cc1)Nc1cc(Cl)ccc1Cl. The minimum Gasteiger partial charge on any atom is -0.324 e. The fourth-order valence-electron chi connectivity index (χ4n) is 2.77. The van der Waals surface area contributed by atoms with Gasteiger partial charge in [-0.05, 0) is 60.2 Å². The van der Waals surface area contributed by atoms with Crippen LogP contribution in [0.5, 0.6) is 0 Å². The zero-order valence-corrected chi connectivity index (χ0v) is 20.8. The van der Waals surface area contributed by atoms with Crippen molar-refractivity contribution in [2.45, 2.75) is 11.4 Å². The van der Waals surface area contributed by atoms with E-state index in [1.807, 2.05) is 0 Å². The Hall–Kier alpha value is -1.51. The molecular formula is C21H15Cl5N2O3S. The van der Waals surface area contributed by atoms with E-state index >= 15 is 0 Å². The Morgan fingerprint density at radius 3 is 2.06 bits per heavy atom. The number of rotatable bonds is 7. The monoisotopic (exact) mass is 550 g/mol. The molecule has 0 saturated heterocycles. The molecule has 3 aromatic rings. The fraction of sp³-hybridized carbons (Fsp3) is 0.0952. The molecule has 0 aliphatic heterocycles. The second-order valence-electron chi connectivity index (χ2n) is 6.65. The minimum absolute atomic E-state index is 0.0180. The Morgan fingerprint density at radius 1 is 0.781 bits per heavy atom. The Bertz CT molecular complexity index is 1250. The van der Waals surface area contributed by atoms with E-state index in [0.717, 1.165) is 4.31 Å². The van der Waals surface area contributed by atoms with Crippen molar-refractivity contribution in [1.82, 2.24) is 4.31 Å². The van der Waals surface area contributed by atoms with Gasteiger partial charge in [0.05, 0.1) is 32.2 Å². The molecule has 0 spiro atoms. The molecule has 0 aliphatic carbocycles. The van der Waals surface area contributed by atoms with Gasteiger partial charge in [0, 0.05) is 16.6 Å². The summed E-state index contributed by atoms with van der Waals surface area (Å²) in [5.74, 6) is -0.605. The summed E-state index contributed by atoms with van der Waals surface area (Å²) in [6, 6.07) is 14.9. The lowest BCUT2D eigenvalue weighted by molar-refractivity contribution is -0.116. The summed E-state index contributed by atoms with van der Waals surface area (Å²) < 4.78 is 27.6. The van der Waals surface area contributed by atoms with Gasteiger partial charge in [0.2, 0.25) is 15.9 Å². The van der Waals surface area contributed by atoms with Crippen molar-refractivity contribution >= 4 is 79.6 Å². The van der Waals surface area contributed by atoms with Gasteiger partial charge in [-0.3, -0.25) is 4.79 Å². The molecule has 0 radical (unpaired) electrons. The van der Waals surface area contributed by atoms with Crippen molar-refractivity contribution < 1.29 is 13.2 Å². The maximum Gasteiger partial charge on any atom is 0.243 e. The average molecular weight is 553 g/mol. The third kappa shape index (κ3) is 6.29. The lowest BCUT2D eigenvalue weighted by atomic mass is 10.2. The molecule has 32 heavy (non-hydrogen) atoms. The quantitative estimate of drug-likeness (QED) is 0.351. The van der Waals surface area contributed by atoms with Crippen LogP contribution in [0.4, 0.5) is 5.69 Å². The van der Waals surface area contributed by atoms with Gasteiger partial charge in [-0.25, -0.2) is 8.42 Å². The second kappa shape index (κ2) is 10.6. The standard InChI is InChI=1S/C21H15Cl5N2O3S/c22-14-2-5-16(6-3-14)32(30,31)28(11-13-1-7-17(24)19(26)9-13)12-21(29)27-20-10-15(23)4-8-18(20)25/h1-10H,11-12H2,(H,27,29). The van der Waals surface area contributed by atoms with E-state index in [-0.39, 0.29) is 27.2 Å². The van der Waals surface area contributed by atoms with Gasteiger partial charge in [0.1, 0.15) is 0 Å². The summed E-state index contributed by atoms with van der Waals surface area (Å²) in [6.07, 6.45) is 0. The zero-order chi connectivity index (χ0) is 23.5. The molecule has 0 aliphatic rings. The van der Waals surface area contributed by atoms with E-state index < -0.39 is 22.5 Å². The molecule has 0 atom stereocenters. The van der Waals surface area contributed by atoms with E-state index in [0.29, 0.717) is 20.6 Å². The Kier molecular flexibility index (Phi) is 8.33. The van der Waals surface area contributed by atoms with Gasteiger partial charge in [0.25, 0.3) is 0 Å². The summed E-state index contributed by atoms with van der Waals surface area (Å²) >= 11 is 30.0. The third-order valence-electron chi connectivity index (χ3n) is 4.32. The van der Waals surface area contributed by atoms with Crippen LogP contribution in [0.25, 0.3) is 0 Å². The lowest BCUT2D eigenvalue weighted by Crippen LogP contribution is -2.37. The van der Waals surface area contributed by atoms with Crippen molar-refractivity contribution in [2.75, 3.05) is 11.9 Å². The van der Waals surface area contributed by atoms with Crippen molar-refractivity contribution in [3.8, 4) is 0 Å². The largest absolute Gasteiger partial charge is 0.324 e. The smallest absolute Gasteiger partial charge is 0.243 e. The number of anilines is 1. The summed E-state index contributed by atoms with van der Waals surface area (Å²) in [5.41, 5.74) is 0.813. The van der Waals surface area contributed by atoms with E-state index in [2.05, 4.69) is 5.32 Å². The molecule has 0 saturated carbocycles. The fourth-order valence-corrected chi connectivity index (χ4v) is 4.93. The maximum absolute atomic E-state index is 13.3. The molecular weight excluding hydrogens is 538 g/mol. The highest BCUT2D eigenvalue weighted by Crippen LogP contribution is 2.27. The van der Waals surface area contributed by atoms with Crippen LogP contribution < -0.4 is 5.32 Å². The van der Waals surface area contributed by atoms with Crippen LogP contribution in [-0.4, -0.2) is 25.2 Å². The molecule has 11 heteroatoms. The predicted molar refractivity (Wildman–Crippen MR) is 131 cm³/mol. The number of hydrogen-bond donors (Lipinski definition) is 1. The number of carbonyl (C=O) groups excluding carboxylic acids is 1. The first-order valence-corrected chi connectivity index (χ1v) is 12.3. The van der Waals surface area contributed by atoms with Crippen LogP contribution >= 0.6 is 58.0 Å². The molecule has 0 fully saturated rings. The van der Waals surface area contributed by atoms with Crippen molar-refractivity contribution in [1.29, 1.82) is 0 Å². The number of sulfonamides is 1. The molecule has 0 unspecified atom stereocenters. The first kappa shape index (κ1) is 25.1. The first-order valence-electron chi connectivity index (χ1n) is 9.01. The molecule has 5 nitrogen and oxygen atoms in total. The molecule has 0 bridgehead atoms. The molecule has 0 aromatic heterocycles. The number of carbonyl (C=O) groups is 1. The number of hydrogen-bond acceptors (Lipinski definition) is 3. The predicted octanol–water partition coefficient (Wildman–Crippen LogP) is 6.78. The molecule has 1 amide bonds. The molecule has 0 heterocycles. The van der Waals surface area contributed by atoms with Crippen LogP contribution in [0.15, 0.2) is 65.6 Å². The topological polar surface area (TPSA) is 66.5 Å².